The highest BCUT2D eigenvalue weighted by Gasteiger charge is 2.00. The Bertz CT molecular complexity index is 253. The quantitative estimate of drug-likeness (QED) is 0.326. The van der Waals surface area contributed by atoms with Crippen molar-refractivity contribution in [2.75, 3.05) is 0 Å². The molecule has 1 rings (SSSR count). The lowest BCUT2D eigenvalue weighted by molar-refractivity contribution is -0.129. The first-order valence-corrected chi connectivity index (χ1v) is 2.55. The molecule has 0 atom stereocenters. The molecule has 10 heavy (non-hydrogen) atoms. The normalized spacial score (nSPS) is 8.30. The number of hydrogen-bond acceptors (Lipinski definition) is 3. The largest absolute Gasteiger partial charge is 0.434 e. The molecule has 3 heteroatoms. The maximum Gasteiger partial charge on any atom is 0.391 e. The van der Waals surface area contributed by atoms with Crippen molar-refractivity contribution in [1.82, 2.24) is 0 Å². The summed E-state index contributed by atoms with van der Waals surface area (Å²) >= 11 is 0. The molecule has 0 amide bonds. The predicted octanol–water partition coefficient (Wildman–Crippen LogP) is 0.818. The van der Waals surface area contributed by atoms with Crippen molar-refractivity contribution in [1.29, 1.82) is 0 Å². The molecule has 0 aliphatic rings. The molecule has 0 spiro atoms. The topological polar surface area (TPSA) is 39.4 Å². The van der Waals surface area contributed by atoms with Gasteiger partial charge < -0.3 is 9.15 Å². The third-order valence-corrected chi connectivity index (χ3v) is 0.806. The average Bonchev–Trinajstić information content (AvgIpc) is 2.40. The minimum absolute atomic E-state index is 0.114. The van der Waals surface area contributed by atoms with Crippen LogP contribution in [0.2, 0.25) is 0 Å². The zero-order valence-electron chi connectivity index (χ0n) is 5.03. The molecule has 0 aliphatic carbocycles. The summed E-state index contributed by atoms with van der Waals surface area (Å²) in [7, 11) is 0. The van der Waals surface area contributed by atoms with Gasteiger partial charge in [-0.05, 0) is 6.07 Å². The number of ether oxygens (including phenoxy) is 1. The number of carbonyl (C=O) groups excluding carboxylic acids is 1. The van der Waals surface area contributed by atoms with E-state index in [9.17, 15) is 4.79 Å². The highest BCUT2D eigenvalue weighted by molar-refractivity contribution is 5.89. The molecule has 0 aromatic carbocycles. The highest BCUT2D eigenvalue weighted by Crippen LogP contribution is 2.09. The van der Waals surface area contributed by atoms with Crippen LogP contribution in [0.4, 0.5) is 0 Å². The maximum absolute atomic E-state index is 10.4. The second kappa shape index (κ2) is 2.74. The first kappa shape index (κ1) is 6.43. The smallest absolute Gasteiger partial charge is 0.391 e. The Morgan fingerprint density at radius 3 is 3.10 bits per heavy atom. The molecule has 50 valence electrons. The third-order valence-electron chi connectivity index (χ3n) is 0.806. The van der Waals surface area contributed by atoms with Crippen molar-refractivity contribution in [3.8, 4) is 18.3 Å². The van der Waals surface area contributed by atoms with Crippen LogP contribution in [0.3, 0.4) is 0 Å². The SMILES string of the molecule is C#CC(=O)Oc1ccco1. The van der Waals surface area contributed by atoms with E-state index < -0.39 is 5.97 Å². The van der Waals surface area contributed by atoms with E-state index in [1.54, 1.807) is 12.0 Å². The Balaban J connectivity index is 2.59. The number of carbonyl (C=O) groups is 1. The molecule has 3 nitrogen and oxygen atoms in total. The number of terminal acetylenes is 1. The van der Waals surface area contributed by atoms with E-state index in [1.165, 1.54) is 12.3 Å². The van der Waals surface area contributed by atoms with Crippen molar-refractivity contribution in [3.63, 3.8) is 0 Å². The van der Waals surface area contributed by atoms with Crippen molar-refractivity contribution < 1.29 is 13.9 Å². The Morgan fingerprint density at radius 2 is 2.60 bits per heavy atom. The van der Waals surface area contributed by atoms with Crippen LogP contribution >= 0.6 is 0 Å². The molecule has 0 fully saturated rings. The van der Waals surface area contributed by atoms with E-state index in [0.717, 1.165) is 0 Å². The summed E-state index contributed by atoms with van der Waals surface area (Å²) in [5.74, 6) is 1.14. The fourth-order valence-corrected chi connectivity index (χ4v) is 0.442. The number of hydrogen-bond donors (Lipinski definition) is 0. The molecular formula is C7H4O3. The Hall–Kier alpha value is -1.69. The molecule has 0 bridgehead atoms. The van der Waals surface area contributed by atoms with Gasteiger partial charge in [0.25, 0.3) is 5.95 Å². The maximum atomic E-state index is 10.4. The van der Waals surface area contributed by atoms with Crippen molar-refractivity contribution >= 4 is 5.97 Å². The Kier molecular flexibility index (Phi) is 1.76. The van der Waals surface area contributed by atoms with Crippen LogP contribution in [0.15, 0.2) is 22.8 Å². The monoisotopic (exact) mass is 136 g/mol. The van der Waals surface area contributed by atoms with E-state index >= 15 is 0 Å². The molecule has 0 unspecified atom stereocenters. The molecule has 0 saturated carbocycles. The van der Waals surface area contributed by atoms with E-state index in [1.807, 2.05) is 0 Å². The van der Waals surface area contributed by atoms with Crippen LogP contribution < -0.4 is 4.74 Å². The molecule has 0 radical (unpaired) electrons. The molecule has 0 aliphatic heterocycles. The van der Waals surface area contributed by atoms with E-state index in [-0.39, 0.29) is 5.95 Å². The summed E-state index contributed by atoms with van der Waals surface area (Å²) in [4.78, 5) is 10.4. The average molecular weight is 136 g/mol. The van der Waals surface area contributed by atoms with Gasteiger partial charge in [0.15, 0.2) is 0 Å². The van der Waals surface area contributed by atoms with Crippen LogP contribution in [0.1, 0.15) is 0 Å². The number of esters is 1. The van der Waals surface area contributed by atoms with Gasteiger partial charge in [0, 0.05) is 12.0 Å². The molecule has 1 heterocycles. The molecule has 1 aromatic heterocycles. The van der Waals surface area contributed by atoms with Crippen LogP contribution in [-0.2, 0) is 4.79 Å². The van der Waals surface area contributed by atoms with Crippen molar-refractivity contribution in [3.05, 3.63) is 18.4 Å². The lowest BCUT2D eigenvalue weighted by Gasteiger charge is -1.90. The lowest BCUT2D eigenvalue weighted by Crippen LogP contribution is -2.02. The third kappa shape index (κ3) is 1.39. The minimum Gasteiger partial charge on any atom is -0.434 e. The van der Waals surface area contributed by atoms with E-state index in [4.69, 9.17) is 6.42 Å². The van der Waals surface area contributed by atoms with Crippen LogP contribution in [0, 0.1) is 12.3 Å². The van der Waals surface area contributed by atoms with Gasteiger partial charge in [-0.25, -0.2) is 4.79 Å². The van der Waals surface area contributed by atoms with Crippen LogP contribution in [0.25, 0.3) is 0 Å². The zero-order chi connectivity index (χ0) is 7.40. The summed E-state index contributed by atoms with van der Waals surface area (Å²) in [6.07, 6.45) is 6.11. The summed E-state index contributed by atoms with van der Waals surface area (Å²) in [5, 5.41) is 0. The standard InChI is InChI=1S/C7H4O3/c1-2-6(8)10-7-4-3-5-9-7/h1,3-5H. The van der Waals surface area contributed by atoms with E-state index in [2.05, 4.69) is 9.15 Å². The zero-order valence-corrected chi connectivity index (χ0v) is 5.03. The fraction of sp³-hybridized carbons (Fsp3) is 0. The predicted molar refractivity (Wildman–Crippen MR) is 33.2 cm³/mol. The first-order valence-electron chi connectivity index (χ1n) is 2.55. The first-order chi connectivity index (χ1) is 4.83. The minimum atomic E-state index is -0.755. The van der Waals surface area contributed by atoms with Gasteiger partial charge in [-0.15, -0.1) is 6.42 Å². The second-order valence-electron chi connectivity index (χ2n) is 1.47. The molecule has 0 saturated heterocycles. The fourth-order valence-electron chi connectivity index (χ4n) is 0.442. The summed E-state index contributed by atoms with van der Waals surface area (Å²) < 4.78 is 9.13. The van der Waals surface area contributed by atoms with Crippen LogP contribution in [0.5, 0.6) is 5.95 Å². The Labute approximate surface area is 57.6 Å². The van der Waals surface area contributed by atoms with Gasteiger partial charge in [0.05, 0.1) is 6.26 Å². The van der Waals surface area contributed by atoms with Gasteiger partial charge in [0.2, 0.25) is 0 Å². The van der Waals surface area contributed by atoms with Gasteiger partial charge >= 0.3 is 5.97 Å². The Morgan fingerprint density at radius 1 is 1.80 bits per heavy atom. The lowest BCUT2D eigenvalue weighted by atomic mass is 10.6. The molecule has 1 aromatic rings. The number of rotatable bonds is 1. The van der Waals surface area contributed by atoms with Gasteiger partial charge in [0.1, 0.15) is 0 Å². The van der Waals surface area contributed by atoms with Gasteiger partial charge in [-0.1, -0.05) is 0 Å². The summed E-state index contributed by atoms with van der Waals surface area (Å²) in [6.45, 7) is 0. The van der Waals surface area contributed by atoms with Crippen LogP contribution in [-0.4, -0.2) is 5.97 Å². The van der Waals surface area contributed by atoms with E-state index in [0.29, 0.717) is 0 Å². The van der Waals surface area contributed by atoms with Gasteiger partial charge in [-0.3, -0.25) is 0 Å². The molecule has 0 N–H and O–H groups in total. The second-order valence-corrected chi connectivity index (χ2v) is 1.47. The number of furan rings is 1. The van der Waals surface area contributed by atoms with Gasteiger partial charge in [-0.2, -0.15) is 0 Å². The molecular weight excluding hydrogens is 132 g/mol. The highest BCUT2D eigenvalue weighted by atomic mass is 16.6. The summed E-state index contributed by atoms with van der Waals surface area (Å²) in [6, 6.07) is 3.09. The van der Waals surface area contributed by atoms with Crippen molar-refractivity contribution in [2.45, 2.75) is 0 Å². The summed E-state index contributed by atoms with van der Waals surface area (Å²) in [5.41, 5.74) is 0. The van der Waals surface area contributed by atoms with Crippen molar-refractivity contribution in [2.24, 2.45) is 0 Å².